The molecule has 0 saturated carbocycles. The van der Waals surface area contributed by atoms with Gasteiger partial charge in [-0.1, -0.05) is 48.0 Å². The largest absolute Gasteiger partial charge is 0.489 e. The molecule has 3 aromatic carbocycles. The Morgan fingerprint density at radius 3 is 2.63 bits per heavy atom. The van der Waals surface area contributed by atoms with Crippen molar-refractivity contribution < 1.29 is 9.15 Å². The Balaban J connectivity index is 1.46. The van der Waals surface area contributed by atoms with Gasteiger partial charge in [0.05, 0.1) is 16.8 Å². The molecule has 0 spiro atoms. The zero-order valence-electron chi connectivity index (χ0n) is 15.8. The van der Waals surface area contributed by atoms with Crippen molar-refractivity contribution in [2.24, 2.45) is 0 Å². The number of nitrogens with zero attached hydrogens (tertiary/aromatic N) is 1. The fourth-order valence-corrected chi connectivity index (χ4v) is 3.58. The van der Waals surface area contributed by atoms with E-state index in [1.807, 2.05) is 72.8 Å². The number of para-hydroxylation sites is 1. The quantitative estimate of drug-likeness (QED) is 0.327. The van der Waals surface area contributed by atoms with Gasteiger partial charge in [0.2, 0.25) is 0 Å². The number of hydrogen-bond donors (Lipinski definition) is 0. The molecule has 0 amide bonds. The standard InChI is InChI=1S/C25H16ClNO3/c26-19-6-3-4-16(12-19)15-29-20-10-8-18-13-21(25(28)30-24(18)14-20)23-11-9-17-5-1-2-7-22(17)27-23/h1-14H,15H2. The Morgan fingerprint density at radius 2 is 1.73 bits per heavy atom. The molecule has 5 rings (SSSR count). The Morgan fingerprint density at radius 1 is 0.867 bits per heavy atom. The summed E-state index contributed by atoms with van der Waals surface area (Å²) >= 11 is 6.01. The van der Waals surface area contributed by atoms with Crippen molar-refractivity contribution in [1.29, 1.82) is 0 Å². The molecule has 0 N–H and O–H groups in total. The molecule has 4 nitrogen and oxygen atoms in total. The van der Waals surface area contributed by atoms with E-state index < -0.39 is 5.63 Å². The molecule has 5 aromatic rings. The molecule has 0 bridgehead atoms. The second kappa shape index (κ2) is 7.65. The number of aromatic nitrogens is 1. The second-order valence-corrected chi connectivity index (χ2v) is 7.39. The summed E-state index contributed by atoms with van der Waals surface area (Å²) in [5.74, 6) is 0.613. The zero-order chi connectivity index (χ0) is 20.5. The smallest absolute Gasteiger partial charge is 0.345 e. The molecule has 0 aliphatic rings. The lowest BCUT2D eigenvalue weighted by atomic mass is 10.1. The van der Waals surface area contributed by atoms with Gasteiger partial charge < -0.3 is 9.15 Å². The first kappa shape index (κ1) is 18.4. The summed E-state index contributed by atoms with van der Waals surface area (Å²) in [6, 6.07) is 26.3. The van der Waals surface area contributed by atoms with Crippen molar-refractivity contribution in [2.45, 2.75) is 6.61 Å². The molecule has 0 aliphatic carbocycles. The molecule has 0 atom stereocenters. The molecule has 0 radical (unpaired) electrons. The first-order valence-electron chi connectivity index (χ1n) is 9.47. The van der Waals surface area contributed by atoms with Crippen LogP contribution >= 0.6 is 11.6 Å². The third-order valence-electron chi connectivity index (χ3n) is 4.88. The van der Waals surface area contributed by atoms with Crippen LogP contribution in [0.15, 0.2) is 94.1 Å². The van der Waals surface area contributed by atoms with E-state index in [0.29, 0.717) is 34.2 Å². The van der Waals surface area contributed by atoms with Gasteiger partial charge in [0.15, 0.2) is 0 Å². The average Bonchev–Trinajstić information content (AvgIpc) is 2.77. The maximum Gasteiger partial charge on any atom is 0.345 e. The molecule has 30 heavy (non-hydrogen) atoms. The van der Waals surface area contributed by atoms with Crippen molar-refractivity contribution in [1.82, 2.24) is 4.98 Å². The molecule has 5 heteroatoms. The topological polar surface area (TPSA) is 52.3 Å². The molecule has 2 aromatic heterocycles. The molecule has 0 aliphatic heterocycles. The number of halogens is 1. The van der Waals surface area contributed by atoms with Gasteiger partial charge >= 0.3 is 5.63 Å². The Labute approximate surface area is 177 Å². The predicted molar refractivity (Wildman–Crippen MR) is 119 cm³/mol. The maximum atomic E-state index is 12.6. The lowest BCUT2D eigenvalue weighted by Crippen LogP contribution is -2.04. The van der Waals surface area contributed by atoms with Crippen LogP contribution in [0.2, 0.25) is 5.02 Å². The SMILES string of the molecule is O=c1oc2cc(OCc3cccc(Cl)c3)ccc2cc1-c1ccc2ccccc2n1. The monoisotopic (exact) mass is 413 g/mol. The van der Waals surface area contributed by atoms with Crippen LogP contribution in [0.4, 0.5) is 0 Å². The summed E-state index contributed by atoms with van der Waals surface area (Å²) in [6.45, 7) is 0.370. The van der Waals surface area contributed by atoms with Gasteiger partial charge in [-0.25, -0.2) is 9.78 Å². The minimum Gasteiger partial charge on any atom is -0.489 e. The highest BCUT2D eigenvalue weighted by Crippen LogP contribution is 2.25. The number of benzene rings is 3. The van der Waals surface area contributed by atoms with Gasteiger partial charge in [-0.3, -0.25) is 0 Å². The first-order chi connectivity index (χ1) is 14.7. The van der Waals surface area contributed by atoms with E-state index >= 15 is 0 Å². The van der Waals surface area contributed by atoms with E-state index in [9.17, 15) is 4.79 Å². The number of fused-ring (bicyclic) bond motifs is 2. The van der Waals surface area contributed by atoms with E-state index in [4.69, 9.17) is 20.8 Å². The van der Waals surface area contributed by atoms with Gasteiger partial charge in [0.1, 0.15) is 17.9 Å². The summed E-state index contributed by atoms with van der Waals surface area (Å²) in [6.07, 6.45) is 0. The van der Waals surface area contributed by atoms with Crippen molar-refractivity contribution in [3.8, 4) is 17.0 Å². The van der Waals surface area contributed by atoms with Crippen LogP contribution in [-0.2, 0) is 6.61 Å². The van der Waals surface area contributed by atoms with Crippen LogP contribution in [0.5, 0.6) is 5.75 Å². The number of pyridine rings is 1. The van der Waals surface area contributed by atoms with Gasteiger partial charge in [-0.2, -0.15) is 0 Å². The number of hydrogen-bond acceptors (Lipinski definition) is 4. The van der Waals surface area contributed by atoms with E-state index in [1.165, 1.54) is 0 Å². The first-order valence-corrected chi connectivity index (χ1v) is 9.85. The van der Waals surface area contributed by atoms with Crippen molar-refractivity contribution in [3.05, 3.63) is 106 Å². The molecule has 2 heterocycles. The lowest BCUT2D eigenvalue weighted by molar-refractivity contribution is 0.306. The lowest BCUT2D eigenvalue weighted by Gasteiger charge is -2.08. The summed E-state index contributed by atoms with van der Waals surface area (Å²) in [7, 11) is 0. The fraction of sp³-hybridized carbons (Fsp3) is 0.0400. The minimum absolute atomic E-state index is 0.370. The molecular weight excluding hydrogens is 398 g/mol. The molecule has 0 unspecified atom stereocenters. The molecule has 146 valence electrons. The predicted octanol–water partition coefficient (Wildman–Crippen LogP) is 6.24. The van der Waals surface area contributed by atoms with Crippen LogP contribution in [0, 0.1) is 0 Å². The number of rotatable bonds is 4. The summed E-state index contributed by atoms with van der Waals surface area (Å²) in [4.78, 5) is 17.2. The highest BCUT2D eigenvalue weighted by atomic mass is 35.5. The Bertz CT molecular complexity index is 1440. The van der Waals surface area contributed by atoms with Gasteiger partial charge in [-0.05, 0) is 48.0 Å². The van der Waals surface area contributed by atoms with Gasteiger partial charge in [0.25, 0.3) is 0 Å². The summed E-state index contributed by atoms with van der Waals surface area (Å²) in [5, 5.41) is 2.48. The minimum atomic E-state index is -0.433. The van der Waals surface area contributed by atoms with Crippen molar-refractivity contribution in [2.75, 3.05) is 0 Å². The normalized spacial score (nSPS) is 11.1. The molecular formula is C25H16ClNO3. The van der Waals surface area contributed by atoms with Crippen molar-refractivity contribution >= 4 is 33.5 Å². The van der Waals surface area contributed by atoms with Crippen LogP contribution in [0.1, 0.15) is 5.56 Å². The highest BCUT2D eigenvalue weighted by Gasteiger charge is 2.11. The van der Waals surface area contributed by atoms with Crippen LogP contribution in [-0.4, -0.2) is 4.98 Å². The van der Waals surface area contributed by atoms with Gasteiger partial charge in [0, 0.05) is 21.9 Å². The third kappa shape index (κ3) is 3.65. The average molecular weight is 414 g/mol. The summed E-state index contributed by atoms with van der Waals surface area (Å²) in [5.41, 5.74) is 2.85. The Hall–Kier alpha value is -3.63. The van der Waals surface area contributed by atoms with Gasteiger partial charge in [-0.15, -0.1) is 0 Å². The molecule has 0 saturated heterocycles. The highest BCUT2D eigenvalue weighted by molar-refractivity contribution is 6.30. The fourth-order valence-electron chi connectivity index (χ4n) is 3.37. The Kier molecular flexibility index (Phi) is 4.69. The molecule has 0 fully saturated rings. The number of ether oxygens (including phenoxy) is 1. The van der Waals surface area contributed by atoms with E-state index in [0.717, 1.165) is 21.9 Å². The van der Waals surface area contributed by atoms with Crippen LogP contribution in [0.25, 0.3) is 33.1 Å². The van der Waals surface area contributed by atoms with Crippen molar-refractivity contribution in [3.63, 3.8) is 0 Å². The van der Waals surface area contributed by atoms with E-state index in [1.54, 1.807) is 12.1 Å². The van der Waals surface area contributed by atoms with E-state index in [2.05, 4.69) is 4.98 Å². The maximum absolute atomic E-state index is 12.6. The van der Waals surface area contributed by atoms with Crippen LogP contribution < -0.4 is 10.4 Å². The second-order valence-electron chi connectivity index (χ2n) is 6.95. The van der Waals surface area contributed by atoms with E-state index in [-0.39, 0.29) is 0 Å². The van der Waals surface area contributed by atoms with Crippen LogP contribution in [0.3, 0.4) is 0 Å². The zero-order valence-corrected chi connectivity index (χ0v) is 16.6. The third-order valence-corrected chi connectivity index (χ3v) is 5.11. The summed E-state index contributed by atoms with van der Waals surface area (Å²) < 4.78 is 11.4.